The lowest BCUT2D eigenvalue weighted by molar-refractivity contribution is 0.672. The van der Waals surface area contributed by atoms with Crippen molar-refractivity contribution in [3.8, 4) is 33.4 Å². The minimum Gasteiger partial charge on any atom is -0.455 e. The Kier molecular flexibility index (Phi) is 5.64. The maximum Gasteiger partial charge on any atom is 0.143 e. The molecule has 47 heavy (non-hydrogen) atoms. The van der Waals surface area contributed by atoms with Gasteiger partial charge in [0.1, 0.15) is 11.2 Å². The van der Waals surface area contributed by atoms with Gasteiger partial charge >= 0.3 is 0 Å². The average molecular weight is 597 g/mol. The first kappa shape index (κ1) is 26.1. The van der Waals surface area contributed by atoms with Crippen molar-refractivity contribution >= 4 is 65.0 Å². The van der Waals surface area contributed by atoms with Gasteiger partial charge in [-0.05, 0) is 89.3 Å². The lowest BCUT2D eigenvalue weighted by Gasteiger charge is -2.19. The lowest BCUT2D eigenvalue weighted by atomic mass is 9.84. The SMILES string of the molecule is c1ccc2c(-c3c4ccccc4c(-c4ccc(-c5ccc6oc7c8ccccc8ccc7c6c5)cc4)c4ccccc34)cccc2c1. The van der Waals surface area contributed by atoms with Crippen molar-refractivity contribution in [3.05, 3.63) is 170 Å². The number of rotatable bonds is 3. The van der Waals surface area contributed by atoms with Gasteiger partial charge in [0.25, 0.3) is 0 Å². The van der Waals surface area contributed by atoms with Gasteiger partial charge in [0, 0.05) is 16.2 Å². The van der Waals surface area contributed by atoms with Gasteiger partial charge in [0.15, 0.2) is 0 Å². The quantitative estimate of drug-likeness (QED) is 0.185. The molecule has 0 aliphatic heterocycles. The summed E-state index contributed by atoms with van der Waals surface area (Å²) in [6.07, 6.45) is 0. The summed E-state index contributed by atoms with van der Waals surface area (Å²) in [6.45, 7) is 0. The van der Waals surface area contributed by atoms with E-state index in [1.807, 2.05) is 0 Å². The van der Waals surface area contributed by atoms with Gasteiger partial charge in [-0.15, -0.1) is 0 Å². The van der Waals surface area contributed by atoms with Crippen molar-refractivity contribution in [1.82, 2.24) is 0 Å². The largest absolute Gasteiger partial charge is 0.455 e. The molecule has 9 aromatic carbocycles. The van der Waals surface area contributed by atoms with E-state index in [-0.39, 0.29) is 0 Å². The van der Waals surface area contributed by atoms with E-state index in [1.54, 1.807) is 0 Å². The molecule has 0 atom stereocenters. The monoisotopic (exact) mass is 596 g/mol. The highest BCUT2D eigenvalue weighted by atomic mass is 16.3. The summed E-state index contributed by atoms with van der Waals surface area (Å²) < 4.78 is 6.38. The topological polar surface area (TPSA) is 13.1 Å². The molecule has 0 saturated carbocycles. The zero-order chi connectivity index (χ0) is 30.9. The van der Waals surface area contributed by atoms with Crippen LogP contribution >= 0.6 is 0 Å². The van der Waals surface area contributed by atoms with Crippen LogP contribution in [0, 0.1) is 0 Å². The highest BCUT2D eigenvalue weighted by molar-refractivity contribution is 6.23. The van der Waals surface area contributed by atoms with E-state index in [1.165, 1.54) is 71.1 Å². The van der Waals surface area contributed by atoms with E-state index < -0.39 is 0 Å². The summed E-state index contributed by atoms with van der Waals surface area (Å²) in [5.41, 5.74) is 9.29. The van der Waals surface area contributed by atoms with Crippen LogP contribution in [0.1, 0.15) is 0 Å². The molecule has 1 heterocycles. The second kappa shape index (κ2) is 10.2. The van der Waals surface area contributed by atoms with Gasteiger partial charge in [0.2, 0.25) is 0 Å². The third-order valence-corrected chi connectivity index (χ3v) is 9.86. The maximum atomic E-state index is 6.38. The Morgan fingerprint density at radius 3 is 1.53 bits per heavy atom. The second-order valence-corrected chi connectivity index (χ2v) is 12.4. The summed E-state index contributed by atoms with van der Waals surface area (Å²) in [7, 11) is 0. The Bertz CT molecular complexity index is 2770. The van der Waals surface area contributed by atoms with Crippen molar-refractivity contribution in [2.24, 2.45) is 0 Å². The van der Waals surface area contributed by atoms with E-state index in [2.05, 4.69) is 170 Å². The zero-order valence-corrected chi connectivity index (χ0v) is 25.6. The molecule has 1 nitrogen and oxygen atoms in total. The number of hydrogen-bond donors (Lipinski definition) is 0. The van der Waals surface area contributed by atoms with Crippen LogP contribution in [0.4, 0.5) is 0 Å². The molecule has 0 aliphatic carbocycles. The van der Waals surface area contributed by atoms with Crippen LogP contribution < -0.4 is 0 Å². The third kappa shape index (κ3) is 3.97. The molecule has 0 spiro atoms. The Morgan fingerprint density at radius 2 is 0.830 bits per heavy atom. The summed E-state index contributed by atoms with van der Waals surface area (Å²) in [5.74, 6) is 0. The third-order valence-electron chi connectivity index (χ3n) is 9.86. The molecule has 0 N–H and O–H groups in total. The normalized spacial score (nSPS) is 11.8. The molecule has 0 fully saturated rings. The van der Waals surface area contributed by atoms with E-state index in [0.29, 0.717) is 0 Å². The number of hydrogen-bond acceptors (Lipinski definition) is 1. The molecule has 10 aromatic rings. The molecule has 0 amide bonds. The smallest absolute Gasteiger partial charge is 0.143 e. The number of fused-ring (bicyclic) bond motifs is 8. The molecule has 1 heteroatoms. The van der Waals surface area contributed by atoms with E-state index in [9.17, 15) is 0 Å². The predicted molar refractivity (Wildman–Crippen MR) is 200 cm³/mol. The number of furan rings is 1. The maximum absolute atomic E-state index is 6.38. The second-order valence-electron chi connectivity index (χ2n) is 12.4. The molecule has 0 bridgehead atoms. The standard InChI is InChI=1S/C46H28O/c1-3-13-34-30(10-1)12-9-19-36(34)45-39-17-7-5-15-37(39)44(38-16-6-8-18-40(38)45)32-22-20-29(21-23-32)33-25-27-43-42(28-33)41-26-24-31-11-2-4-14-35(31)46(41)47-43/h1-28H. The van der Waals surface area contributed by atoms with Gasteiger partial charge in [-0.25, -0.2) is 0 Å². The zero-order valence-electron chi connectivity index (χ0n) is 25.6. The summed E-state index contributed by atoms with van der Waals surface area (Å²) in [5, 5.41) is 12.2. The van der Waals surface area contributed by atoms with Gasteiger partial charge in [-0.1, -0.05) is 152 Å². The Balaban J connectivity index is 1.14. The first-order valence-corrected chi connectivity index (χ1v) is 16.2. The Hall–Kier alpha value is -6.18. The van der Waals surface area contributed by atoms with Crippen molar-refractivity contribution in [2.45, 2.75) is 0 Å². The summed E-state index contributed by atoms with van der Waals surface area (Å²) >= 11 is 0. The number of benzene rings is 9. The van der Waals surface area contributed by atoms with Crippen molar-refractivity contribution in [1.29, 1.82) is 0 Å². The minimum absolute atomic E-state index is 0.918. The molecule has 218 valence electrons. The minimum atomic E-state index is 0.918. The van der Waals surface area contributed by atoms with Crippen molar-refractivity contribution in [2.75, 3.05) is 0 Å². The van der Waals surface area contributed by atoms with E-state index >= 15 is 0 Å². The van der Waals surface area contributed by atoms with Crippen LogP contribution in [0.5, 0.6) is 0 Å². The fourth-order valence-electron chi connectivity index (χ4n) is 7.69. The highest BCUT2D eigenvalue weighted by Gasteiger charge is 2.18. The summed E-state index contributed by atoms with van der Waals surface area (Å²) in [6, 6.07) is 61.6. The average Bonchev–Trinajstić information content (AvgIpc) is 3.52. The highest BCUT2D eigenvalue weighted by Crippen LogP contribution is 2.45. The van der Waals surface area contributed by atoms with E-state index in [0.717, 1.165) is 27.3 Å². The van der Waals surface area contributed by atoms with Crippen LogP contribution in [0.3, 0.4) is 0 Å². The van der Waals surface area contributed by atoms with Crippen LogP contribution in [0.15, 0.2) is 174 Å². The van der Waals surface area contributed by atoms with Crippen molar-refractivity contribution in [3.63, 3.8) is 0 Å². The van der Waals surface area contributed by atoms with E-state index in [4.69, 9.17) is 4.42 Å². The molecule has 0 radical (unpaired) electrons. The van der Waals surface area contributed by atoms with Crippen LogP contribution in [0.2, 0.25) is 0 Å². The lowest BCUT2D eigenvalue weighted by Crippen LogP contribution is -1.91. The van der Waals surface area contributed by atoms with Crippen LogP contribution in [-0.2, 0) is 0 Å². The first-order chi connectivity index (χ1) is 23.3. The van der Waals surface area contributed by atoms with Gasteiger partial charge < -0.3 is 4.42 Å². The summed E-state index contributed by atoms with van der Waals surface area (Å²) in [4.78, 5) is 0. The fraction of sp³-hybridized carbons (Fsp3) is 0. The Labute approximate surface area is 271 Å². The molecule has 0 saturated heterocycles. The Morgan fingerprint density at radius 1 is 0.298 bits per heavy atom. The first-order valence-electron chi connectivity index (χ1n) is 16.2. The van der Waals surface area contributed by atoms with Crippen LogP contribution in [-0.4, -0.2) is 0 Å². The van der Waals surface area contributed by atoms with Gasteiger partial charge in [-0.3, -0.25) is 0 Å². The fourth-order valence-corrected chi connectivity index (χ4v) is 7.69. The molecule has 1 aromatic heterocycles. The van der Waals surface area contributed by atoms with Gasteiger partial charge in [0.05, 0.1) is 0 Å². The van der Waals surface area contributed by atoms with Crippen molar-refractivity contribution < 1.29 is 4.42 Å². The van der Waals surface area contributed by atoms with Gasteiger partial charge in [-0.2, -0.15) is 0 Å². The molecular formula is C46H28O. The molecule has 0 aliphatic rings. The van der Waals surface area contributed by atoms with Crippen LogP contribution in [0.25, 0.3) is 98.4 Å². The molecule has 0 unspecified atom stereocenters. The molecule has 10 rings (SSSR count). The molecular weight excluding hydrogens is 569 g/mol. The predicted octanol–water partition coefficient (Wildman–Crippen LogP) is 13.2.